The lowest BCUT2D eigenvalue weighted by molar-refractivity contribution is -0.141. The number of sulfonamides is 1. The van der Waals surface area contributed by atoms with E-state index in [-0.39, 0.29) is 25.4 Å². The van der Waals surface area contributed by atoms with Crippen LogP contribution in [0.2, 0.25) is 0 Å². The average Bonchev–Trinajstić information content (AvgIpc) is 3.94. The third kappa shape index (κ3) is 9.80. The second kappa shape index (κ2) is 18.3. The van der Waals surface area contributed by atoms with Crippen molar-refractivity contribution in [3.63, 3.8) is 0 Å². The normalized spacial score (nSPS) is 24.9. The van der Waals surface area contributed by atoms with Crippen molar-refractivity contribution in [1.82, 2.24) is 34.8 Å². The van der Waals surface area contributed by atoms with Gasteiger partial charge in [0.05, 0.1) is 29.6 Å². The number of hydrogen-bond acceptors (Lipinski definition) is 12. The van der Waals surface area contributed by atoms with Gasteiger partial charge in [-0.15, -0.1) is 11.3 Å². The van der Waals surface area contributed by atoms with Gasteiger partial charge in [-0.25, -0.2) is 18.2 Å². The molecule has 16 nitrogen and oxygen atoms in total. The van der Waals surface area contributed by atoms with E-state index in [1.165, 1.54) is 16.2 Å². The molecule has 2 aliphatic heterocycles. The molecule has 66 heavy (non-hydrogen) atoms. The first-order valence-corrected chi connectivity index (χ1v) is 25.3. The first kappa shape index (κ1) is 47.0. The fraction of sp³-hybridized carbons (Fsp3) is 0.542. The maximum absolute atomic E-state index is 14.8. The van der Waals surface area contributed by atoms with E-state index in [1.807, 2.05) is 78.4 Å². The summed E-state index contributed by atoms with van der Waals surface area (Å²) in [6.07, 6.45) is 7.12. The molecule has 2 saturated carbocycles. The Bertz CT molecular complexity index is 2650. The predicted octanol–water partition coefficient (Wildman–Crippen LogP) is 6.98. The topological polar surface area (TPSA) is 200 Å². The van der Waals surface area contributed by atoms with Gasteiger partial charge in [-0.05, 0) is 98.3 Å². The highest BCUT2D eigenvalue weighted by atomic mass is 32.2. The van der Waals surface area contributed by atoms with Crippen LogP contribution in [0.3, 0.4) is 0 Å². The number of hydrogen-bond donors (Lipinski definition) is 3. The summed E-state index contributed by atoms with van der Waals surface area (Å²) in [7, 11) is -2.37. The zero-order chi connectivity index (χ0) is 47.2. The smallest absolute Gasteiger partial charge is 0.408 e. The molecule has 4 amide bonds. The molecule has 3 fully saturated rings. The fourth-order valence-corrected chi connectivity index (χ4v) is 11.1. The number of thiazole rings is 1. The Labute approximate surface area is 390 Å². The van der Waals surface area contributed by atoms with Crippen molar-refractivity contribution in [2.45, 2.75) is 146 Å². The molecule has 1 saturated heterocycles. The first-order valence-electron chi connectivity index (χ1n) is 22.9. The molecule has 4 heterocycles. The monoisotopic (exact) mass is 943 g/mol. The maximum atomic E-state index is 14.8. The van der Waals surface area contributed by atoms with Crippen LogP contribution in [0.15, 0.2) is 60.0 Å². The fourth-order valence-electron chi connectivity index (χ4n) is 8.95. The van der Waals surface area contributed by atoms with Gasteiger partial charge in [-0.1, -0.05) is 49.3 Å². The number of methoxy groups -OCH3 is 1. The van der Waals surface area contributed by atoms with Crippen LogP contribution in [-0.4, -0.2) is 99.4 Å². The van der Waals surface area contributed by atoms with Crippen LogP contribution >= 0.6 is 11.3 Å². The maximum Gasteiger partial charge on any atom is 0.408 e. The minimum absolute atomic E-state index is 0.0260. The highest BCUT2D eigenvalue weighted by Crippen LogP contribution is 2.48. The van der Waals surface area contributed by atoms with Gasteiger partial charge in [0.25, 0.3) is 11.9 Å². The lowest BCUT2D eigenvalue weighted by Gasteiger charge is -2.30. The molecule has 8 rings (SSSR count). The van der Waals surface area contributed by atoms with Crippen LogP contribution in [0.25, 0.3) is 21.6 Å². The molecule has 2 aliphatic carbocycles. The molecule has 18 heteroatoms. The number of aromatic nitrogens is 3. The molecule has 4 aromatic rings. The average molecular weight is 944 g/mol. The van der Waals surface area contributed by atoms with Gasteiger partial charge in [-0.2, -0.15) is 4.98 Å². The number of imidazole rings is 1. The zero-order valence-corrected chi connectivity index (χ0v) is 40.4. The molecule has 4 aliphatic rings. The highest BCUT2D eigenvalue weighted by molar-refractivity contribution is 7.91. The molecule has 0 spiro atoms. The van der Waals surface area contributed by atoms with Crippen LogP contribution in [0, 0.1) is 5.92 Å². The van der Waals surface area contributed by atoms with Gasteiger partial charge in [0.1, 0.15) is 45.6 Å². The first-order chi connectivity index (χ1) is 31.3. The minimum Gasteiger partial charge on any atom is -0.496 e. The third-order valence-electron chi connectivity index (χ3n) is 13.0. The standard InChI is InChI=1S/C48H61N7O9S2/c1-29(2)55-36-20-15-18-34(41-49-32(28-65-41)24-30-16-13-14-21-38(30)62-7)39(36)51-44(55)63-33-25-37-40(56)52-48(43(58)53-66(60,61)47(6)22-23-47)26-31(48)17-11-9-8-10-12-19-35(42(57)54(37)27-33)50-45(59)64-46(3,4)5/h11,13-18,20-21,28-29,31,33,35,37H,8-10,12,19,22-27H2,1-7H3,(H,50,59)(H,52,56)(H,53,58)/b17-11-/t31-,33-,35+,37+,48-/m1/s1. The molecule has 2 aromatic heterocycles. The van der Waals surface area contributed by atoms with Crippen LogP contribution in [0.4, 0.5) is 4.79 Å². The third-order valence-corrected chi connectivity index (χ3v) is 16.1. The summed E-state index contributed by atoms with van der Waals surface area (Å²) < 4.78 is 47.7. The van der Waals surface area contributed by atoms with Crippen LogP contribution in [0.1, 0.15) is 117 Å². The van der Waals surface area contributed by atoms with E-state index in [4.69, 9.17) is 24.2 Å². The van der Waals surface area contributed by atoms with Gasteiger partial charge >= 0.3 is 6.09 Å². The Morgan fingerprint density at radius 1 is 1.05 bits per heavy atom. The van der Waals surface area contributed by atoms with E-state index in [0.717, 1.165) is 45.9 Å². The number of fused-ring (bicyclic) bond motifs is 3. The van der Waals surface area contributed by atoms with Crippen molar-refractivity contribution in [2.24, 2.45) is 5.92 Å². The number of nitrogens with one attached hydrogen (secondary N) is 3. The number of nitrogens with zero attached hydrogens (tertiary/aromatic N) is 4. The van der Waals surface area contributed by atoms with Gasteiger partial charge < -0.3 is 29.7 Å². The Kier molecular flexibility index (Phi) is 13.0. The number of ether oxygens (including phenoxy) is 3. The van der Waals surface area contributed by atoms with Crippen LogP contribution in [-0.2, 0) is 35.6 Å². The number of alkyl carbamates (subject to hydrolysis) is 1. The molecular weight excluding hydrogens is 883 g/mol. The molecule has 0 bridgehead atoms. The van der Waals surface area contributed by atoms with Gasteiger partial charge in [0.2, 0.25) is 21.8 Å². The van der Waals surface area contributed by atoms with E-state index in [1.54, 1.807) is 34.8 Å². The van der Waals surface area contributed by atoms with Gasteiger partial charge in [0, 0.05) is 41.3 Å². The van der Waals surface area contributed by atoms with Crippen molar-refractivity contribution in [2.75, 3.05) is 13.7 Å². The quantitative estimate of drug-likeness (QED) is 0.131. The lowest BCUT2D eigenvalue weighted by Crippen LogP contribution is -2.58. The molecule has 2 aromatic carbocycles. The van der Waals surface area contributed by atoms with E-state index in [0.29, 0.717) is 50.1 Å². The predicted molar refractivity (Wildman–Crippen MR) is 251 cm³/mol. The van der Waals surface area contributed by atoms with Crippen LogP contribution in [0.5, 0.6) is 11.8 Å². The Balaban J connectivity index is 1.11. The van der Waals surface area contributed by atoms with Crippen molar-refractivity contribution in [3.8, 4) is 22.3 Å². The number of carbonyl (C=O) groups excluding carboxylic acids is 4. The summed E-state index contributed by atoms with van der Waals surface area (Å²) in [6.45, 7) is 10.8. The van der Waals surface area contributed by atoms with Crippen molar-refractivity contribution in [1.29, 1.82) is 0 Å². The summed E-state index contributed by atoms with van der Waals surface area (Å²) in [6, 6.07) is 11.8. The number of amides is 4. The SMILES string of the molecule is COc1ccccc1Cc1csc(-c2cccc3c2nc(O[C@@H]2C[C@H]4C(=O)N[C@]5(C(=O)NS(=O)(=O)C6(C)CC6)C[C@H]5/C=C\CCCCC[C@H](NC(=O)OC(C)(C)C)C(=O)N4C2)n3C(C)C)n1. The van der Waals surface area contributed by atoms with E-state index in [9.17, 15) is 27.6 Å². The number of allylic oxidation sites excluding steroid dienone is 1. The summed E-state index contributed by atoms with van der Waals surface area (Å²) in [5, 5.41) is 8.53. The van der Waals surface area contributed by atoms with E-state index < -0.39 is 73.8 Å². The number of benzene rings is 2. The molecular formula is C48H61N7O9S2. The Morgan fingerprint density at radius 3 is 2.55 bits per heavy atom. The number of para-hydroxylation sites is 2. The van der Waals surface area contributed by atoms with E-state index in [2.05, 4.69) is 15.4 Å². The van der Waals surface area contributed by atoms with Crippen molar-refractivity contribution < 1.29 is 41.8 Å². The molecule has 3 N–H and O–H groups in total. The summed E-state index contributed by atoms with van der Waals surface area (Å²) in [5.74, 6) is -1.59. The van der Waals surface area contributed by atoms with Gasteiger partial charge in [-0.3, -0.25) is 23.7 Å². The van der Waals surface area contributed by atoms with Crippen molar-refractivity contribution in [3.05, 3.63) is 71.3 Å². The number of carbonyl (C=O) groups is 4. The van der Waals surface area contributed by atoms with Gasteiger partial charge in [0.15, 0.2) is 0 Å². The lowest BCUT2D eigenvalue weighted by atomic mass is 10.0. The Hall–Kier alpha value is -5.49. The molecule has 5 atom stereocenters. The molecule has 0 radical (unpaired) electrons. The largest absolute Gasteiger partial charge is 0.496 e. The van der Waals surface area contributed by atoms with Crippen molar-refractivity contribution >= 4 is 56.2 Å². The summed E-state index contributed by atoms with van der Waals surface area (Å²) >= 11 is 1.52. The molecule has 0 unspecified atom stereocenters. The molecule has 354 valence electrons. The second-order valence-corrected chi connectivity index (χ2v) is 22.6. The highest BCUT2D eigenvalue weighted by Gasteiger charge is 2.63. The second-order valence-electron chi connectivity index (χ2n) is 19.6. The number of rotatable bonds is 11. The Morgan fingerprint density at radius 2 is 1.82 bits per heavy atom. The minimum atomic E-state index is -4.02. The zero-order valence-electron chi connectivity index (χ0n) is 38.7. The summed E-state index contributed by atoms with van der Waals surface area (Å²) in [5.41, 5.74) is 1.87. The van der Waals surface area contributed by atoms with Crippen LogP contribution < -0.4 is 24.8 Å². The van der Waals surface area contributed by atoms with E-state index >= 15 is 0 Å². The summed E-state index contributed by atoms with van der Waals surface area (Å²) in [4.78, 5) is 68.3.